The number of rotatable bonds is 2. The van der Waals surface area contributed by atoms with Gasteiger partial charge in [0.1, 0.15) is 0 Å². The topological polar surface area (TPSA) is 12.0 Å². The van der Waals surface area contributed by atoms with Crippen LogP contribution in [0.25, 0.3) is 0 Å². The quantitative estimate of drug-likeness (QED) is 0.498. The van der Waals surface area contributed by atoms with Gasteiger partial charge in [0, 0.05) is 0 Å². The number of nitrogens with one attached hydrogen (secondary N) is 1. The highest BCUT2D eigenvalue weighted by atomic mass is 14.9. The second kappa shape index (κ2) is 4.24. The minimum absolute atomic E-state index is 0.0889. The lowest BCUT2D eigenvalue weighted by Crippen LogP contribution is -2.24. The summed E-state index contributed by atoms with van der Waals surface area (Å²) in [7, 11) is 0. The Kier molecular flexibility index (Phi) is 3.76. The molecule has 0 aromatic rings. The van der Waals surface area contributed by atoms with Crippen molar-refractivity contribution in [1.82, 2.24) is 5.32 Å². The van der Waals surface area contributed by atoms with E-state index in [1.165, 1.54) is 0 Å². The van der Waals surface area contributed by atoms with Crippen LogP contribution < -0.4 is 5.32 Å². The van der Waals surface area contributed by atoms with Crippen LogP contribution in [-0.4, -0.2) is 12.6 Å². The molecule has 0 aromatic heterocycles. The Bertz CT molecular complexity index is 124. The number of terminal acetylenes is 2. The van der Waals surface area contributed by atoms with Crippen molar-refractivity contribution in [3.05, 3.63) is 0 Å². The van der Waals surface area contributed by atoms with Crippen molar-refractivity contribution in [3.8, 4) is 24.7 Å². The van der Waals surface area contributed by atoms with Crippen molar-refractivity contribution in [2.45, 2.75) is 13.0 Å². The zero-order chi connectivity index (χ0) is 6.41. The molecule has 0 heterocycles. The molecule has 1 N–H and O–H groups in total. The van der Waals surface area contributed by atoms with Crippen LogP contribution in [0.1, 0.15) is 6.92 Å². The molecule has 0 rings (SSSR count). The standard InChI is InChI=1S/C7H9N/c1-4-6-8-7(3)5-2/h1-2,7-8H,6H2,3H3. The van der Waals surface area contributed by atoms with E-state index in [0.29, 0.717) is 6.54 Å². The van der Waals surface area contributed by atoms with Crippen LogP contribution in [0.3, 0.4) is 0 Å². The SMILES string of the molecule is C#CCNC(C)C#C. The molecule has 0 aliphatic rings. The zero-order valence-electron chi connectivity index (χ0n) is 4.94. The number of hydrogen-bond acceptors (Lipinski definition) is 1. The fourth-order valence-electron chi connectivity index (χ4n) is 0.271. The average Bonchev–Trinajstić information content (AvgIpc) is 1.83. The third-order valence-corrected chi connectivity index (χ3v) is 0.760. The molecule has 42 valence electrons. The van der Waals surface area contributed by atoms with Crippen molar-refractivity contribution < 1.29 is 0 Å². The van der Waals surface area contributed by atoms with Gasteiger partial charge in [0.2, 0.25) is 0 Å². The monoisotopic (exact) mass is 107 g/mol. The van der Waals surface area contributed by atoms with Crippen molar-refractivity contribution in [2.75, 3.05) is 6.54 Å². The van der Waals surface area contributed by atoms with E-state index >= 15 is 0 Å². The molecule has 0 bridgehead atoms. The van der Waals surface area contributed by atoms with Crippen molar-refractivity contribution >= 4 is 0 Å². The van der Waals surface area contributed by atoms with Crippen LogP contribution in [0.2, 0.25) is 0 Å². The largest absolute Gasteiger partial charge is 0.293 e. The molecule has 8 heavy (non-hydrogen) atoms. The van der Waals surface area contributed by atoms with Crippen molar-refractivity contribution in [2.24, 2.45) is 0 Å². The summed E-state index contributed by atoms with van der Waals surface area (Å²) >= 11 is 0. The minimum atomic E-state index is 0.0889. The Morgan fingerprint density at radius 1 is 1.62 bits per heavy atom. The molecule has 1 heteroatoms. The molecule has 1 nitrogen and oxygen atoms in total. The Labute approximate surface area is 50.5 Å². The first-order valence-electron chi connectivity index (χ1n) is 2.44. The van der Waals surface area contributed by atoms with E-state index in [-0.39, 0.29) is 6.04 Å². The van der Waals surface area contributed by atoms with Crippen molar-refractivity contribution in [1.29, 1.82) is 0 Å². The molecular formula is C7H9N. The average molecular weight is 107 g/mol. The second-order valence-corrected chi connectivity index (χ2v) is 1.47. The van der Waals surface area contributed by atoms with E-state index in [1.54, 1.807) is 0 Å². The van der Waals surface area contributed by atoms with E-state index in [2.05, 4.69) is 17.2 Å². The first-order valence-corrected chi connectivity index (χ1v) is 2.44. The molecule has 0 amide bonds. The first kappa shape index (κ1) is 7.08. The van der Waals surface area contributed by atoms with E-state index in [4.69, 9.17) is 12.8 Å². The van der Waals surface area contributed by atoms with E-state index < -0.39 is 0 Å². The van der Waals surface area contributed by atoms with Gasteiger partial charge in [-0.05, 0) is 6.92 Å². The van der Waals surface area contributed by atoms with E-state index in [1.807, 2.05) is 6.92 Å². The zero-order valence-corrected chi connectivity index (χ0v) is 4.94. The molecule has 1 atom stereocenters. The van der Waals surface area contributed by atoms with Gasteiger partial charge >= 0.3 is 0 Å². The Morgan fingerprint density at radius 3 is 2.62 bits per heavy atom. The molecule has 0 aromatic carbocycles. The van der Waals surface area contributed by atoms with Gasteiger partial charge in [-0.1, -0.05) is 11.8 Å². The summed E-state index contributed by atoms with van der Waals surface area (Å²) in [5.41, 5.74) is 0. The van der Waals surface area contributed by atoms with Gasteiger partial charge in [0.05, 0.1) is 12.6 Å². The fourth-order valence-corrected chi connectivity index (χ4v) is 0.271. The highest BCUT2D eigenvalue weighted by Crippen LogP contribution is 1.71. The molecule has 0 aliphatic heterocycles. The molecule has 0 fully saturated rings. The first-order chi connectivity index (χ1) is 3.81. The molecule has 0 spiro atoms. The van der Waals surface area contributed by atoms with Gasteiger partial charge in [0.25, 0.3) is 0 Å². The summed E-state index contributed by atoms with van der Waals surface area (Å²) in [6.45, 7) is 2.43. The van der Waals surface area contributed by atoms with Gasteiger partial charge in [-0.15, -0.1) is 12.8 Å². The van der Waals surface area contributed by atoms with Crippen LogP contribution in [0.5, 0.6) is 0 Å². The van der Waals surface area contributed by atoms with Crippen LogP contribution >= 0.6 is 0 Å². The smallest absolute Gasteiger partial charge is 0.0665 e. The van der Waals surface area contributed by atoms with Gasteiger partial charge in [-0.2, -0.15) is 0 Å². The Balaban J connectivity index is 3.18. The molecule has 0 aliphatic carbocycles. The van der Waals surface area contributed by atoms with Gasteiger partial charge in [0.15, 0.2) is 0 Å². The summed E-state index contributed by atoms with van der Waals surface area (Å²) in [6, 6.07) is 0.0889. The van der Waals surface area contributed by atoms with Crippen LogP contribution in [0.4, 0.5) is 0 Å². The van der Waals surface area contributed by atoms with Crippen molar-refractivity contribution in [3.63, 3.8) is 0 Å². The normalized spacial score (nSPS) is 11.4. The predicted molar refractivity (Wildman–Crippen MR) is 35.1 cm³/mol. The van der Waals surface area contributed by atoms with Crippen LogP contribution in [0.15, 0.2) is 0 Å². The molecule has 0 radical (unpaired) electrons. The highest BCUT2D eigenvalue weighted by molar-refractivity contribution is 4.98. The lowest BCUT2D eigenvalue weighted by atomic mass is 10.3. The van der Waals surface area contributed by atoms with E-state index in [0.717, 1.165) is 0 Å². The third-order valence-electron chi connectivity index (χ3n) is 0.760. The van der Waals surface area contributed by atoms with Gasteiger partial charge in [-0.25, -0.2) is 0 Å². The molecule has 0 saturated heterocycles. The van der Waals surface area contributed by atoms with Gasteiger partial charge < -0.3 is 0 Å². The minimum Gasteiger partial charge on any atom is -0.293 e. The summed E-state index contributed by atoms with van der Waals surface area (Å²) in [4.78, 5) is 0. The van der Waals surface area contributed by atoms with Crippen LogP contribution in [-0.2, 0) is 0 Å². The Hall–Kier alpha value is -0.920. The third kappa shape index (κ3) is 3.28. The van der Waals surface area contributed by atoms with Crippen LogP contribution in [0, 0.1) is 24.7 Å². The molecule has 0 saturated carbocycles. The maximum atomic E-state index is 5.03. The maximum absolute atomic E-state index is 5.03. The second-order valence-electron chi connectivity index (χ2n) is 1.47. The summed E-state index contributed by atoms with van der Waals surface area (Å²) in [6.07, 6.45) is 9.98. The summed E-state index contributed by atoms with van der Waals surface area (Å²) < 4.78 is 0. The highest BCUT2D eigenvalue weighted by Gasteiger charge is 1.88. The van der Waals surface area contributed by atoms with Gasteiger partial charge in [-0.3, -0.25) is 5.32 Å². The lowest BCUT2D eigenvalue weighted by molar-refractivity contribution is 0.712. The maximum Gasteiger partial charge on any atom is 0.0665 e. The molecule has 1 unspecified atom stereocenters. The number of hydrogen-bond donors (Lipinski definition) is 1. The fraction of sp³-hybridized carbons (Fsp3) is 0.429. The van der Waals surface area contributed by atoms with E-state index in [9.17, 15) is 0 Å². The molecular weight excluding hydrogens is 98.1 g/mol. The predicted octanol–water partition coefficient (Wildman–Crippen LogP) is 0.231. The lowest BCUT2D eigenvalue weighted by Gasteiger charge is -2.00. The Morgan fingerprint density at radius 2 is 2.25 bits per heavy atom. The summed E-state index contributed by atoms with van der Waals surface area (Å²) in [5, 5.41) is 2.91. The summed E-state index contributed by atoms with van der Waals surface area (Å²) in [5.74, 6) is 4.92.